The predicted octanol–water partition coefficient (Wildman–Crippen LogP) is 3.63. The van der Waals surface area contributed by atoms with Gasteiger partial charge in [-0.3, -0.25) is 24.3 Å². The molecule has 9 nitrogen and oxygen atoms in total. The first-order chi connectivity index (χ1) is 15.4. The van der Waals surface area contributed by atoms with Crippen molar-refractivity contribution in [3.05, 3.63) is 62.5 Å². The van der Waals surface area contributed by atoms with Crippen LogP contribution in [0.2, 0.25) is 0 Å². The molecule has 32 heavy (non-hydrogen) atoms. The minimum absolute atomic E-state index is 0.309. The van der Waals surface area contributed by atoms with Gasteiger partial charge in [0.25, 0.3) is 11.5 Å². The smallest absolute Gasteiger partial charge is 0.266 e. The molecule has 0 spiro atoms. The van der Waals surface area contributed by atoms with Gasteiger partial charge in [-0.15, -0.1) is 21.5 Å². The summed E-state index contributed by atoms with van der Waals surface area (Å²) in [6.45, 7) is 5.27. The third kappa shape index (κ3) is 4.16. The molecule has 0 radical (unpaired) electrons. The summed E-state index contributed by atoms with van der Waals surface area (Å²) in [5, 5.41) is 15.0. The van der Waals surface area contributed by atoms with E-state index in [4.69, 9.17) is 0 Å². The van der Waals surface area contributed by atoms with Crippen molar-refractivity contribution in [2.75, 3.05) is 10.6 Å². The fraction of sp³-hybridized carbons (Fsp3) is 0.238. The first kappa shape index (κ1) is 21.8. The summed E-state index contributed by atoms with van der Waals surface area (Å²) in [7, 11) is 0. The lowest BCUT2D eigenvalue weighted by molar-refractivity contribution is -0.118. The lowest BCUT2D eigenvalue weighted by atomic mass is 10.2. The van der Waals surface area contributed by atoms with Crippen molar-refractivity contribution in [1.29, 1.82) is 0 Å². The van der Waals surface area contributed by atoms with Crippen LogP contribution >= 0.6 is 22.7 Å². The average molecular weight is 469 g/mol. The number of carbonyl (C=O) groups is 2. The summed E-state index contributed by atoms with van der Waals surface area (Å²) in [5.41, 5.74) is 0.819. The maximum absolute atomic E-state index is 13.2. The van der Waals surface area contributed by atoms with Gasteiger partial charge in [-0.25, -0.2) is 4.98 Å². The van der Waals surface area contributed by atoms with Crippen molar-refractivity contribution in [1.82, 2.24) is 19.7 Å². The maximum atomic E-state index is 13.2. The summed E-state index contributed by atoms with van der Waals surface area (Å²) >= 11 is 2.44. The van der Waals surface area contributed by atoms with Gasteiger partial charge in [0.15, 0.2) is 0 Å². The molecule has 3 aromatic heterocycles. The number of carbonyl (C=O) groups excluding carboxylic acids is 2. The Morgan fingerprint density at radius 3 is 2.56 bits per heavy atom. The molecule has 4 aromatic rings. The normalized spacial score (nSPS) is 12.0. The molecule has 0 saturated heterocycles. The highest BCUT2D eigenvalue weighted by molar-refractivity contribution is 7.20. The second-order valence-corrected chi connectivity index (χ2v) is 9.09. The van der Waals surface area contributed by atoms with Crippen molar-refractivity contribution < 1.29 is 9.59 Å². The molecular weight excluding hydrogens is 448 g/mol. The standard InChI is InChI=1S/C21H20N6O3S2/c1-4-14-25-26-21(31-14)24-17(28)12(3)27-10-22-19-15(20(27)30)11(2)16(32-19)18(29)23-13-8-6-5-7-9-13/h5-10,12H,4H2,1-3H3,(H,23,29)(H,24,26,28). The fourth-order valence-electron chi connectivity index (χ4n) is 3.12. The second-order valence-electron chi connectivity index (χ2n) is 7.03. The first-order valence-corrected chi connectivity index (χ1v) is 11.5. The van der Waals surface area contributed by atoms with E-state index in [0.717, 1.165) is 22.8 Å². The van der Waals surface area contributed by atoms with Crippen LogP contribution in [-0.2, 0) is 11.2 Å². The van der Waals surface area contributed by atoms with Crippen LogP contribution in [0.3, 0.4) is 0 Å². The van der Waals surface area contributed by atoms with E-state index >= 15 is 0 Å². The number of hydrogen-bond acceptors (Lipinski definition) is 8. The number of fused-ring (bicyclic) bond motifs is 1. The average Bonchev–Trinajstić information content (AvgIpc) is 3.38. The number of para-hydroxylation sites is 1. The molecule has 4 rings (SSSR count). The molecule has 0 bridgehead atoms. The Bertz CT molecular complexity index is 1360. The summed E-state index contributed by atoms with van der Waals surface area (Å²) in [6, 6.07) is 8.25. The zero-order valence-electron chi connectivity index (χ0n) is 17.6. The Balaban J connectivity index is 1.62. The minimum Gasteiger partial charge on any atom is -0.321 e. The van der Waals surface area contributed by atoms with Gasteiger partial charge in [-0.2, -0.15) is 0 Å². The van der Waals surface area contributed by atoms with Crippen molar-refractivity contribution in [2.45, 2.75) is 33.2 Å². The van der Waals surface area contributed by atoms with E-state index < -0.39 is 11.9 Å². The Morgan fingerprint density at radius 2 is 1.88 bits per heavy atom. The molecule has 2 amide bonds. The number of thiophene rings is 1. The van der Waals surface area contributed by atoms with E-state index in [1.807, 2.05) is 25.1 Å². The highest BCUT2D eigenvalue weighted by Crippen LogP contribution is 2.28. The van der Waals surface area contributed by atoms with Crippen LogP contribution in [-0.4, -0.2) is 31.6 Å². The zero-order chi connectivity index (χ0) is 22.8. The van der Waals surface area contributed by atoms with E-state index in [2.05, 4.69) is 25.8 Å². The van der Waals surface area contributed by atoms with Gasteiger partial charge in [0.1, 0.15) is 15.9 Å². The summed E-state index contributed by atoms with van der Waals surface area (Å²) in [6.07, 6.45) is 2.06. The van der Waals surface area contributed by atoms with Gasteiger partial charge in [-0.05, 0) is 38.0 Å². The van der Waals surface area contributed by atoms with Crippen molar-refractivity contribution in [3.8, 4) is 0 Å². The lowest BCUT2D eigenvalue weighted by Gasteiger charge is -2.13. The van der Waals surface area contributed by atoms with Gasteiger partial charge in [0, 0.05) is 5.69 Å². The van der Waals surface area contributed by atoms with E-state index in [1.54, 1.807) is 26.0 Å². The molecular formula is C21H20N6O3S2. The van der Waals surface area contributed by atoms with Crippen LogP contribution in [0.1, 0.15) is 40.1 Å². The van der Waals surface area contributed by atoms with Crippen molar-refractivity contribution in [3.63, 3.8) is 0 Å². The SMILES string of the molecule is CCc1nnc(NC(=O)C(C)n2cnc3sc(C(=O)Nc4ccccc4)c(C)c3c2=O)s1. The van der Waals surface area contributed by atoms with Crippen LogP contribution in [0, 0.1) is 6.92 Å². The quantitative estimate of drug-likeness (QED) is 0.446. The van der Waals surface area contributed by atoms with Crippen LogP contribution < -0.4 is 16.2 Å². The highest BCUT2D eigenvalue weighted by Gasteiger charge is 2.23. The molecule has 1 unspecified atom stereocenters. The lowest BCUT2D eigenvalue weighted by Crippen LogP contribution is -2.31. The summed E-state index contributed by atoms with van der Waals surface area (Å²) in [5.74, 6) is -0.710. The third-order valence-electron chi connectivity index (χ3n) is 4.91. The third-order valence-corrected chi connectivity index (χ3v) is 7.09. The number of nitrogens with one attached hydrogen (secondary N) is 2. The number of amides is 2. The van der Waals surface area contributed by atoms with Gasteiger partial charge in [0.05, 0.1) is 16.6 Å². The number of hydrogen-bond donors (Lipinski definition) is 2. The van der Waals surface area contributed by atoms with Gasteiger partial charge < -0.3 is 5.32 Å². The molecule has 164 valence electrons. The number of aryl methyl sites for hydroxylation is 2. The first-order valence-electron chi connectivity index (χ1n) is 9.89. The van der Waals surface area contributed by atoms with Crippen LogP contribution in [0.15, 0.2) is 41.5 Å². The molecule has 0 aliphatic carbocycles. The maximum Gasteiger partial charge on any atom is 0.266 e. The Hall–Kier alpha value is -3.44. The van der Waals surface area contributed by atoms with Crippen LogP contribution in [0.25, 0.3) is 10.2 Å². The summed E-state index contributed by atoms with van der Waals surface area (Å²) < 4.78 is 1.26. The van der Waals surface area contributed by atoms with Gasteiger partial charge in [0.2, 0.25) is 11.0 Å². The molecule has 0 aliphatic heterocycles. The molecule has 2 N–H and O–H groups in total. The fourth-order valence-corrected chi connectivity index (χ4v) is 4.84. The van der Waals surface area contributed by atoms with E-state index in [1.165, 1.54) is 22.2 Å². The monoisotopic (exact) mass is 468 g/mol. The van der Waals surface area contributed by atoms with E-state index in [0.29, 0.717) is 31.5 Å². The molecule has 1 aromatic carbocycles. The molecule has 0 aliphatic rings. The number of anilines is 2. The van der Waals surface area contributed by atoms with E-state index in [-0.39, 0.29) is 11.5 Å². The molecule has 1 atom stereocenters. The zero-order valence-corrected chi connectivity index (χ0v) is 19.2. The Kier molecular flexibility index (Phi) is 6.10. The van der Waals surface area contributed by atoms with Gasteiger partial charge >= 0.3 is 0 Å². The van der Waals surface area contributed by atoms with E-state index in [9.17, 15) is 14.4 Å². The number of rotatable bonds is 6. The highest BCUT2D eigenvalue weighted by atomic mass is 32.1. The molecule has 0 fully saturated rings. The number of nitrogens with zero attached hydrogens (tertiary/aromatic N) is 4. The van der Waals surface area contributed by atoms with Crippen LogP contribution in [0.4, 0.5) is 10.8 Å². The second kappa shape index (κ2) is 8.97. The van der Waals surface area contributed by atoms with Crippen molar-refractivity contribution in [2.24, 2.45) is 0 Å². The van der Waals surface area contributed by atoms with Gasteiger partial charge in [-0.1, -0.05) is 36.5 Å². The minimum atomic E-state index is -0.825. The largest absolute Gasteiger partial charge is 0.321 e. The summed E-state index contributed by atoms with van der Waals surface area (Å²) in [4.78, 5) is 43.8. The molecule has 3 heterocycles. The predicted molar refractivity (Wildman–Crippen MR) is 126 cm³/mol. The molecule has 0 saturated carbocycles. The number of benzene rings is 1. The topological polar surface area (TPSA) is 119 Å². The molecule has 11 heteroatoms. The number of aromatic nitrogens is 4. The van der Waals surface area contributed by atoms with Crippen LogP contribution in [0.5, 0.6) is 0 Å². The Labute approximate surface area is 191 Å². The Morgan fingerprint density at radius 1 is 1.12 bits per heavy atom. The van der Waals surface area contributed by atoms with Crippen molar-refractivity contribution >= 4 is 55.5 Å².